The molecule has 4 rings (SSSR count). The van der Waals surface area contributed by atoms with Gasteiger partial charge in [0.1, 0.15) is 0 Å². The van der Waals surface area contributed by atoms with Gasteiger partial charge in [-0.15, -0.1) is 0 Å². The molecule has 2 unspecified atom stereocenters. The predicted octanol–water partition coefficient (Wildman–Crippen LogP) is 3.45. The van der Waals surface area contributed by atoms with Crippen LogP contribution < -0.4 is 5.32 Å². The number of likely N-dealkylation sites (tertiary alicyclic amines) is 2. The van der Waals surface area contributed by atoms with Crippen molar-refractivity contribution < 1.29 is 0 Å². The molecule has 0 bridgehead atoms. The van der Waals surface area contributed by atoms with Crippen molar-refractivity contribution in [1.82, 2.24) is 20.1 Å². The van der Waals surface area contributed by atoms with Gasteiger partial charge in [-0.3, -0.25) is 14.9 Å². The van der Waals surface area contributed by atoms with Crippen molar-refractivity contribution in [3.8, 4) is 0 Å². The molecule has 1 aromatic carbocycles. The number of piperidine rings is 2. The molecule has 5 nitrogen and oxygen atoms in total. The Bertz CT molecular complexity index is 802. The summed E-state index contributed by atoms with van der Waals surface area (Å²) in [6.45, 7) is 7.26. The van der Waals surface area contributed by atoms with Crippen LogP contribution in [0.15, 0.2) is 53.7 Å². The van der Waals surface area contributed by atoms with Crippen LogP contribution in [0.3, 0.4) is 0 Å². The Balaban J connectivity index is 1.35. The Labute approximate surface area is 174 Å². The topological polar surface area (TPSA) is 43.8 Å². The summed E-state index contributed by atoms with van der Waals surface area (Å²) < 4.78 is 0. The maximum atomic E-state index is 4.57. The molecule has 154 valence electrons. The van der Waals surface area contributed by atoms with Crippen molar-refractivity contribution in [3.63, 3.8) is 0 Å². The number of fused-ring (bicyclic) bond motifs is 1. The Kier molecular flexibility index (Phi) is 6.45. The summed E-state index contributed by atoms with van der Waals surface area (Å²) in [5.74, 6) is 1.74. The van der Waals surface area contributed by atoms with E-state index in [1.54, 1.807) is 0 Å². The second-order valence-electron chi connectivity index (χ2n) is 8.37. The minimum Gasteiger partial charge on any atom is -0.352 e. The third-order valence-corrected chi connectivity index (χ3v) is 6.35. The van der Waals surface area contributed by atoms with Crippen molar-refractivity contribution in [1.29, 1.82) is 0 Å². The number of pyridine rings is 1. The fraction of sp³-hybridized carbons (Fsp3) is 0.500. The van der Waals surface area contributed by atoms with Crippen LogP contribution in [0.5, 0.6) is 0 Å². The molecule has 0 amide bonds. The highest BCUT2D eigenvalue weighted by Gasteiger charge is 2.36. The molecule has 2 saturated heterocycles. The van der Waals surface area contributed by atoms with E-state index in [0.29, 0.717) is 6.04 Å². The molecule has 1 N–H and O–H groups in total. The van der Waals surface area contributed by atoms with Crippen LogP contribution in [0.25, 0.3) is 0 Å². The van der Waals surface area contributed by atoms with Crippen LogP contribution in [0, 0.1) is 12.8 Å². The zero-order valence-electron chi connectivity index (χ0n) is 17.7. The monoisotopic (exact) mass is 391 g/mol. The number of guanidine groups is 1. The number of nitrogens with zero attached hydrogens (tertiary/aromatic N) is 4. The van der Waals surface area contributed by atoms with Gasteiger partial charge in [-0.25, -0.2) is 0 Å². The first-order valence-electron chi connectivity index (χ1n) is 10.9. The van der Waals surface area contributed by atoms with Crippen LogP contribution >= 0.6 is 0 Å². The van der Waals surface area contributed by atoms with Crippen LogP contribution in [0.2, 0.25) is 0 Å². The standard InChI is InChI=1S/C24H33N5/c1-19-10-11-21(15-26-19)16-27-24(25-2)29-14-12-23-22(18-29)9-6-13-28(23)17-20-7-4-3-5-8-20/h3-5,7-8,10-11,15,22-23H,6,9,12-14,16-18H2,1-2H3,(H,25,27). The van der Waals surface area contributed by atoms with E-state index < -0.39 is 0 Å². The van der Waals surface area contributed by atoms with Gasteiger partial charge in [0, 0.05) is 51.2 Å². The molecule has 2 fully saturated rings. The highest BCUT2D eigenvalue weighted by molar-refractivity contribution is 5.80. The van der Waals surface area contributed by atoms with Gasteiger partial charge in [0.25, 0.3) is 0 Å². The Hall–Kier alpha value is -2.40. The first-order chi connectivity index (χ1) is 14.2. The van der Waals surface area contributed by atoms with E-state index in [1.165, 1.54) is 36.9 Å². The normalized spacial score (nSPS) is 23.0. The van der Waals surface area contributed by atoms with E-state index in [4.69, 9.17) is 0 Å². The maximum absolute atomic E-state index is 4.57. The third kappa shape index (κ3) is 4.96. The zero-order valence-corrected chi connectivity index (χ0v) is 17.7. The van der Waals surface area contributed by atoms with Gasteiger partial charge in [0.2, 0.25) is 0 Å². The van der Waals surface area contributed by atoms with Crippen LogP contribution in [-0.2, 0) is 13.1 Å². The molecule has 0 saturated carbocycles. The zero-order chi connectivity index (χ0) is 20.1. The van der Waals surface area contributed by atoms with E-state index in [1.807, 2.05) is 20.2 Å². The van der Waals surface area contributed by atoms with Crippen molar-refractivity contribution >= 4 is 5.96 Å². The molecule has 1 aromatic heterocycles. The summed E-state index contributed by atoms with van der Waals surface area (Å²) >= 11 is 0. The summed E-state index contributed by atoms with van der Waals surface area (Å²) in [5, 5.41) is 3.54. The quantitative estimate of drug-likeness (QED) is 0.640. The first kappa shape index (κ1) is 19.9. The molecule has 2 aliphatic heterocycles. The highest BCUT2D eigenvalue weighted by Crippen LogP contribution is 2.31. The number of hydrogen-bond acceptors (Lipinski definition) is 3. The Morgan fingerprint density at radius 2 is 1.97 bits per heavy atom. The van der Waals surface area contributed by atoms with Crippen LogP contribution in [0.1, 0.15) is 36.1 Å². The molecule has 29 heavy (non-hydrogen) atoms. The second-order valence-corrected chi connectivity index (χ2v) is 8.37. The van der Waals surface area contributed by atoms with E-state index in [0.717, 1.165) is 43.8 Å². The molecular formula is C24H33N5. The summed E-state index contributed by atoms with van der Waals surface area (Å²) in [6.07, 6.45) is 5.78. The SMILES string of the molecule is CN=C(NCc1ccc(C)nc1)N1CCC2C(CCCN2Cc2ccccc2)C1. The lowest BCUT2D eigenvalue weighted by molar-refractivity contribution is 0.0372. The smallest absolute Gasteiger partial charge is 0.193 e. The van der Waals surface area contributed by atoms with Crippen molar-refractivity contribution in [2.24, 2.45) is 10.9 Å². The molecule has 2 aromatic rings. The minimum atomic E-state index is 0.694. The lowest BCUT2D eigenvalue weighted by atomic mass is 9.83. The van der Waals surface area contributed by atoms with E-state index >= 15 is 0 Å². The number of benzene rings is 1. The molecule has 3 heterocycles. The summed E-state index contributed by atoms with van der Waals surface area (Å²) in [4.78, 5) is 14.1. The molecule has 5 heteroatoms. The van der Waals surface area contributed by atoms with Crippen LogP contribution in [-0.4, -0.2) is 53.5 Å². The van der Waals surface area contributed by atoms with Gasteiger partial charge >= 0.3 is 0 Å². The van der Waals surface area contributed by atoms with Crippen LogP contribution in [0.4, 0.5) is 0 Å². The number of nitrogens with one attached hydrogen (secondary N) is 1. The average Bonchev–Trinajstić information content (AvgIpc) is 2.76. The molecule has 0 radical (unpaired) electrons. The fourth-order valence-corrected chi connectivity index (χ4v) is 4.83. The van der Waals surface area contributed by atoms with Gasteiger partial charge in [0.15, 0.2) is 5.96 Å². The minimum absolute atomic E-state index is 0.694. The maximum Gasteiger partial charge on any atom is 0.193 e. The number of aryl methyl sites for hydroxylation is 1. The highest BCUT2D eigenvalue weighted by atomic mass is 15.3. The van der Waals surface area contributed by atoms with Gasteiger partial charge < -0.3 is 10.2 Å². The summed E-state index contributed by atoms with van der Waals surface area (Å²) in [7, 11) is 1.89. The van der Waals surface area contributed by atoms with Gasteiger partial charge in [0.05, 0.1) is 0 Å². The molecule has 0 aliphatic carbocycles. The number of aliphatic imine (C=N–C) groups is 1. The lowest BCUT2D eigenvalue weighted by Crippen LogP contribution is -2.56. The van der Waals surface area contributed by atoms with Crippen molar-refractivity contribution in [2.75, 3.05) is 26.7 Å². The first-order valence-corrected chi connectivity index (χ1v) is 10.9. The van der Waals surface area contributed by atoms with E-state index in [2.05, 4.69) is 67.6 Å². The Morgan fingerprint density at radius 1 is 1.10 bits per heavy atom. The number of rotatable bonds is 4. The van der Waals surface area contributed by atoms with Gasteiger partial charge in [-0.2, -0.15) is 0 Å². The van der Waals surface area contributed by atoms with Crippen molar-refractivity contribution in [3.05, 3.63) is 65.5 Å². The largest absolute Gasteiger partial charge is 0.352 e. The molecule has 2 atom stereocenters. The molecular weight excluding hydrogens is 358 g/mol. The summed E-state index contributed by atoms with van der Waals surface area (Å²) in [6, 6.07) is 15.8. The second kappa shape index (κ2) is 9.40. The molecule has 0 spiro atoms. The summed E-state index contributed by atoms with van der Waals surface area (Å²) in [5.41, 5.74) is 3.68. The van der Waals surface area contributed by atoms with Gasteiger partial charge in [-0.05, 0) is 55.8 Å². The molecule has 2 aliphatic rings. The van der Waals surface area contributed by atoms with E-state index in [-0.39, 0.29) is 0 Å². The third-order valence-electron chi connectivity index (χ3n) is 6.35. The predicted molar refractivity (Wildman–Crippen MR) is 119 cm³/mol. The van der Waals surface area contributed by atoms with Gasteiger partial charge in [-0.1, -0.05) is 36.4 Å². The number of aromatic nitrogens is 1. The van der Waals surface area contributed by atoms with E-state index in [9.17, 15) is 0 Å². The lowest BCUT2D eigenvalue weighted by Gasteiger charge is -2.48. The van der Waals surface area contributed by atoms with Crippen molar-refractivity contribution in [2.45, 2.75) is 45.3 Å². The Morgan fingerprint density at radius 3 is 2.72 bits per heavy atom. The fourth-order valence-electron chi connectivity index (χ4n) is 4.83. The average molecular weight is 392 g/mol. The number of hydrogen-bond donors (Lipinski definition) is 1.